The molecule has 4 heteroatoms. The van der Waals surface area contributed by atoms with E-state index in [0.717, 1.165) is 0 Å². The lowest BCUT2D eigenvalue weighted by Gasteiger charge is -2.05. The van der Waals surface area contributed by atoms with Crippen molar-refractivity contribution in [2.24, 2.45) is 5.92 Å². The Hall–Kier alpha value is -0.220. The van der Waals surface area contributed by atoms with Crippen LogP contribution in [0.15, 0.2) is 0 Å². The molecule has 0 saturated carbocycles. The maximum absolute atomic E-state index is 10.2. The number of thioether (sulfide) groups is 1. The van der Waals surface area contributed by atoms with Gasteiger partial charge in [-0.05, 0) is 0 Å². The molecule has 0 bridgehead atoms. The fourth-order valence-corrected chi connectivity index (χ4v) is 2.01. The molecule has 0 aromatic carbocycles. The van der Waals surface area contributed by atoms with Gasteiger partial charge < -0.3 is 10.2 Å². The van der Waals surface area contributed by atoms with Gasteiger partial charge in [0.2, 0.25) is 0 Å². The fraction of sp³-hybridized carbons (Fsp3) is 0.800. The number of carboxylic acid groups (broad SMARTS) is 1. The number of aliphatic carboxylic acids is 1. The van der Waals surface area contributed by atoms with Crippen LogP contribution in [-0.2, 0) is 4.79 Å². The van der Waals surface area contributed by atoms with E-state index >= 15 is 0 Å². The maximum atomic E-state index is 10.2. The van der Waals surface area contributed by atoms with Gasteiger partial charge >= 0.3 is 5.97 Å². The van der Waals surface area contributed by atoms with Crippen LogP contribution >= 0.6 is 11.8 Å². The van der Waals surface area contributed by atoms with E-state index in [4.69, 9.17) is 10.2 Å². The average Bonchev–Trinajstić information content (AvgIpc) is 2.13. The highest BCUT2D eigenvalue weighted by atomic mass is 32.2. The SMILES string of the molecule is O=C(O)C1CSCC1O. The molecule has 2 atom stereocenters. The monoisotopic (exact) mass is 148 g/mol. The molecule has 1 aliphatic heterocycles. The Morgan fingerprint density at radius 3 is 2.44 bits per heavy atom. The van der Waals surface area contributed by atoms with Crippen molar-refractivity contribution in [1.29, 1.82) is 0 Å². The van der Waals surface area contributed by atoms with Gasteiger partial charge in [-0.3, -0.25) is 4.79 Å². The first-order valence-corrected chi connectivity index (χ1v) is 3.86. The number of carbonyl (C=O) groups is 1. The number of aliphatic hydroxyl groups is 1. The predicted molar refractivity (Wildman–Crippen MR) is 34.5 cm³/mol. The van der Waals surface area contributed by atoms with Gasteiger partial charge in [-0.15, -0.1) is 0 Å². The fourth-order valence-electron chi connectivity index (χ4n) is 0.779. The second kappa shape index (κ2) is 2.58. The second-order valence-electron chi connectivity index (χ2n) is 2.05. The molecule has 0 aromatic rings. The minimum absolute atomic E-state index is 0.532. The molecule has 0 aliphatic carbocycles. The number of hydrogen-bond donors (Lipinski definition) is 2. The van der Waals surface area contributed by atoms with Crippen LogP contribution in [0.1, 0.15) is 0 Å². The summed E-state index contributed by atoms with van der Waals surface area (Å²) in [5.74, 6) is -0.296. The highest BCUT2D eigenvalue weighted by molar-refractivity contribution is 7.99. The van der Waals surface area contributed by atoms with Crippen molar-refractivity contribution >= 4 is 17.7 Å². The Morgan fingerprint density at radius 1 is 1.56 bits per heavy atom. The number of hydrogen-bond acceptors (Lipinski definition) is 3. The number of rotatable bonds is 1. The van der Waals surface area contributed by atoms with Crippen molar-refractivity contribution in [3.05, 3.63) is 0 Å². The normalized spacial score (nSPS) is 34.8. The Bertz CT molecular complexity index is 125. The Balaban J connectivity index is 2.49. The molecular weight excluding hydrogens is 140 g/mol. The maximum Gasteiger partial charge on any atom is 0.310 e. The third-order valence-corrected chi connectivity index (χ3v) is 2.54. The molecule has 9 heavy (non-hydrogen) atoms. The quantitative estimate of drug-likeness (QED) is 0.540. The Morgan fingerprint density at radius 2 is 2.22 bits per heavy atom. The molecule has 1 rings (SSSR count). The van der Waals surface area contributed by atoms with Crippen molar-refractivity contribution in [2.45, 2.75) is 6.10 Å². The smallest absolute Gasteiger partial charge is 0.310 e. The molecule has 1 aliphatic rings. The molecule has 52 valence electrons. The number of carboxylic acids is 1. The third-order valence-electron chi connectivity index (χ3n) is 1.37. The molecule has 0 spiro atoms. The summed E-state index contributed by atoms with van der Waals surface area (Å²) >= 11 is 1.49. The minimum atomic E-state index is -0.882. The van der Waals surface area contributed by atoms with Gasteiger partial charge in [-0.1, -0.05) is 0 Å². The summed E-state index contributed by atoms with van der Waals surface area (Å²) in [5, 5.41) is 17.4. The van der Waals surface area contributed by atoms with Crippen LogP contribution in [0, 0.1) is 5.92 Å². The molecule has 0 radical (unpaired) electrons. The summed E-state index contributed by atoms with van der Waals surface area (Å²) in [5.41, 5.74) is 0. The summed E-state index contributed by atoms with van der Waals surface area (Å²) < 4.78 is 0. The van der Waals surface area contributed by atoms with Crippen molar-refractivity contribution in [3.8, 4) is 0 Å². The zero-order chi connectivity index (χ0) is 6.85. The molecule has 1 heterocycles. The van der Waals surface area contributed by atoms with Gasteiger partial charge in [0.05, 0.1) is 12.0 Å². The molecule has 1 fully saturated rings. The van der Waals surface area contributed by atoms with Crippen LogP contribution in [-0.4, -0.2) is 33.8 Å². The van der Waals surface area contributed by atoms with E-state index < -0.39 is 18.0 Å². The van der Waals surface area contributed by atoms with E-state index in [1.807, 2.05) is 0 Å². The van der Waals surface area contributed by atoms with Crippen LogP contribution in [0.2, 0.25) is 0 Å². The largest absolute Gasteiger partial charge is 0.481 e. The standard InChI is InChI=1S/C5H8O3S/c6-4-2-9-1-3(4)5(7)8/h3-4,6H,1-2H2,(H,7,8). The average molecular weight is 148 g/mol. The predicted octanol–water partition coefficient (Wildman–Crippen LogP) is -0.205. The molecule has 0 amide bonds. The highest BCUT2D eigenvalue weighted by Gasteiger charge is 2.31. The van der Waals surface area contributed by atoms with Gasteiger partial charge in [-0.25, -0.2) is 0 Å². The second-order valence-corrected chi connectivity index (χ2v) is 3.12. The van der Waals surface area contributed by atoms with Gasteiger partial charge in [-0.2, -0.15) is 11.8 Å². The van der Waals surface area contributed by atoms with E-state index in [2.05, 4.69) is 0 Å². The lowest BCUT2D eigenvalue weighted by molar-refractivity contribution is -0.143. The van der Waals surface area contributed by atoms with Crippen LogP contribution in [0.3, 0.4) is 0 Å². The van der Waals surface area contributed by atoms with E-state index in [0.29, 0.717) is 11.5 Å². The van der Waals surface area contributed by atoms with E-state index in [1.165, 1.54) is 11.8 Å². The molecule has 1 saturated heterocycles. The summed E-state index contributed by atoms with van der Waals surface area (Å²) in [7, 11) is 0. The molecular formula is C5H8O3S. The van der Waals surface area contributed by atoms with Crippen LogP contribution in [0.5, 0.6) is 0 Å². The first-order valence-electron chi connectivity index (χ1n) is 2.70. The Kier molecular flexibility index (Phi) is 1.97. The van der Waals surface area contributed by atoms with Gasteiger partial charge in [0.25, 0.3) is 0 Å². The minimum Gasteiger partial charge on any atom is -0.481 e. The van der Waals surface area contributed by atoms with Gasteiger partial charge in [0, 0.05) is 11.5 Å². The van der Waals surface area contributed by atoms with Crippen LogP contribution < -0.4 is 0 Å². The van der Waals surface area contributed by atoms with E-state index in [1.54, 1.807) is 0 Å². The zero-order valence-electron chi connectivity index (χ0n) is 4.78. The summed E-state index contributed by atoms with van der Waals surface area (Å²) in [6.07, 6.45) is -0.632. The Labute approximate surface area is 57.1 Å². The lowest BCUT2D eigenvalue weighted by atomic mass is 10.1. The molecule has 2 unspecified atom stereocenters. The zero-order valence-corrected chi connectivity index (χ0v) is 5.60. The topological polar surface area (TPSA) is 57.5 Å². The van der Waals surface area contributed by atoms with Crippen molar-refractivity contribution in [2.75, 3.05) is 11.5 Å². The first-order chi connectivity index (χ1) is 4.22. The molecule has 2 N–H and O–H groups in total. The van der Waals surface area contributed by atoms with Crippen molar-refractivity contribution < 1.29 is 15.0 Å². The summed E-state index contributed by atoms with van der Waals surface area (Å²) in [6.45, 7) is 0. The molecule has 0 aromatic heterocycles. The van der Waals surface area contributed by atoms with Crippen molar-refractivity contribution in [1.82, 2.24) is 0 Å². The third kappa shape index (κ3) is 1.37. The molecule has 3 nitrogen and oxygen atoms in total. The van der Waals surface area contributed by atoms with Crippen molar-refractivity contribution in [3.63, 3.8) is 0 Å². The van der Waals surface area contributed by atoms with Crippen LogP contribution in [0.25, 0.3) is 0 Å². The van der Waals surface area contributed by atoms with E-state index in [-0.39, 0.29) is 0 Å². The summed E-state index contributed by atoms with van der Waals surface area (Å²) in [4.78, 5) is 10.2. The highest BCUT2D eigenvalue weighted by Crippen LogP contribution is 2.23. The first kappa shape index (κ1) is 6.89. The summed E-state index contributed by atoms with van der Waals surface area (Å²) in [6, 6.07) is 0. The number of aliphatic hydroxyl groups excluding tert-OH is 1. The van der Waals surface area contributed by atoms with Gasteiger partial charge in [0.15, 0.2) is 0 Å². The van der Waals surface area contributed by atoms with E-state index in [9.17, 15) is 4.79 Å². The van der Waals surface area contributed by atoms with Gasteiger partial charge in [0.1, 0.15) is 0 Å². The lowest BCUT2D eigenvalue weighted by Crippen LogP contribution is -2.25. The van der Waals surface area contributed by atoms with Crippen LogP contribution in [0.4, 0.5) is 0 Å².